The predicted octanol–water partition coefficient (Wildman–Crippen LogP) is 5.37. The molecule has 0 bridgehead atoms. The summed E-state index contributed by atoms with van der Waals surface area (Å²) in [6.07, 6.45) is 3.48. The molecule has 0 amide bonds. The van der Waals surface area contributed by atoms with Crippen molar-refractivity contribution in [2.24, 2.45) is 9.98 Å². The van der Waals surface area contributed by atoms with Crippen molar-refractivity contribution >= 4 is 22.8 Å². The van der Waals surface area contributed by atoms with Crippen molar-refractivity contribution in [1.82, 2.24) is 9.97 Å². The number of hydrogen-bond donors (Lipinski definition) is 0. The summed E-state index contributed by atoms with van der Waals surface area (Å²) < 4.78 is 0. The Morgan fingerprint density at radius 1 is 0.692 bits per heavy atom. The lowest BCUT2D eigenvalue weighted by molar-refractivity contribution is 1.14. The van der Waals surface area contributed by atoms with E-state index in [0.29, 0.717) is 0 Å². The monoisotopic (exact) mass is 342 g/mol. The molecule has 1 heterocycles. The van der Waals surface area contributed by atoms with Crippen molar-refractivity contribution in [2.75, 3.05) is 0 Å². The summed E-state index contributed by atoms with van der Waals surface area (Å²) in [6, 6.07) is 16.1. The first-order chi connectivity index (χ1) is 12.5. The summed E-state index contributed by atoms with van der Waals surface area (Å²) in [5, 5.41) is 0. The Morgan fingerprint density at radius 3 is 1.54 bits per heavy atom. The molecule has 3 rings (SSSR count). The lowest BCUT2D eigenvalue weighted by Crippen LogP contribution is -2.06. The van der Waals surface area contributed by atoms with Crippen LogP contribution in [0.4, 0.5) is 11.4 Å². The number of aromatic nitrogens is 2. The smallest absolute Gasteiger partial charge is 0.103 e. The van der Waals surface area contributed by atoms with Crippen LogP contribution >= 0.6 is 0 Å². The lowest BCUT2D eigenvalue weighted by atomic mass is 10.2. The van der Waals surface area contributed by atoms with Gasteiger partial charge in [-0.1, -0.05) is 36.4 Å². The van der Waals surface area contributed by atoms with E-state index in [2.05, 4.69) is 4.98 Å². The van der Waals surface area contributed by atoms with Crippen molar-refractivity contribution < 1.29 is 0 Å². The van der Waals surface area contributed by atoms with Gasteiger partial charge in [-0.05, 0) is 51.0 Å². The molecule has 4 nitrogen and oxygen atoms in total. The minimum atomic E-state index is 0.755. The average molecular weight is 342 g/mol. The highest BCUT2D eigenvalue weighted by Crippen LogP contribution is 2.20. The van der Waals surface area contributed by atoms with Gasteiger partial charge in [-0.2, -0.15) is 0 Å². The number of para-hydroxylation sites is 2. The molecule has 0 N–H and O–H groups in total. The number of nitrogens with zero attached hydrogens (tertiary/aromatic N) is 4. The van der Waals surface area contributed by atoms with Crippen LogP contribution in [-0.2, 0) is 0 Å². The van der Waals surface area contributed by atoms with Gasteiger partial charge in [-0.25, -0.2) is 4.98 Å². The number of benzene rings is 2. The molecular formula is C22H22N4. The van der Waals surface area contributed by atoms with Crippen molar-refractivity contribution in [3.63, 3.8) is 0 Å². The molecule has 1 aromatic heterocycles. The Bertz CT molecular complexity index is 910. The van der Waals surface area contributed by atoms with Gasteiger partial charge in [0.1, 0.15) is 11.4 Å². The summed E-state index contributed by atoms with van der Waals surface area (Å²) in [7, 11) is 0. The highest BCUT2D eigenvalue weighted by atomic mass is 14.9. The summed E-state index contributed by atoms with van der Waals surface area (Å²) >= 11 is 0. The van der Waals surface area contributed by atoms with Crippen LogP contribution in [0.2, 0.25) is 0 Å². The van der Waals surface area contributed by atoms with Gasteiger partial charge in [0, 0.05) is 0 Å². The molecule has 130 valence electrons. The van der Waals surface area contributed by atoms with Crippen molar-refractivity contribution in [3.8, 4) is 0 Å². The summed E-state index contributed by atoms with van der Waals surface area (Å²) in [5.41, 5.74) is 7.33. The molecule has 0 aliphatic rings. The summed E-state index contributed by atoms with van der Waals surface area (Å²) in [4.78, 5) is 18.4. The second-order valence-electron chi connectivity index (χ2n) is 6.26. The molecule has 0 saturated heterocycles. The van der Waals surface area contributed by atoms with E-state index >= 15 is 0 Å². The molecule has 0 saturated carbocycles. The molecule has 3 aromatic rings. The zero-order valence-electron chi connectivity index (χ0n) is 15.6. The van der Waals surface area contributed by atoms with Gasteiger partial charge in [-0.15, -0.1) is 0 Å². The average Bonchev–Trinajstić information content (AvgIpc) is 2.65. The van der Waals surface area contributed by atoms with Gasteiger partial charge in [0.25, 0.3) is 0 Å². The first-order valence-electron chi connectivity index (χ1n) is 8.59. The van der Waals surface area contributed by atoms with Gasteiger partial charge in [0.05, 0.1) is 35.2 Å². The number of aliphatic imine (C=N–C) groups is 2. The molecule has 0 aliphatic heterocycles. The SMILES string of the molecule is C/C(=N\c1ccccc1C)c1cncc(/C(C)=N/c2ccccc2C)n1. The fourth-order valence-corrected chi connectivity index (χ4v) is 2.57. The zero-order chi connectivity index (χ0) is 18.5. The summed E-state index contributed by atoms with van der Waals surface area (Å²) in [6.45, 7) is 8.00. The third kappa shape index (κ3) is 4.09. The van der Waals surface area contributed by atoms with E-state index in [-0.39, 0.29) is 0 Å². The van der Waals surface area contributed by atoms with E-state index in [0.717, 1.165) is 45.3 Å². The molecule has 26 heavy (non-hydrogen) atoms. The molecule has 4 heteroatoms. The Kier molecular flexibility index (Phi) is 5.32. The fourth-order valence-electron chi connectivity index (χ4n) is 2.57. The van der Waals surface area contributed by atoms with Crippen molar-refractivity contribution in [1.29, 1.82) is 0 Å². The minimum Gasteiger partial charge on any atom is -0.260 e. The molecule has 0 unspecified atom stereocenters. The second-order valence-corrected chi connectivity index (χ2v) is 6.26. The van der Waals surface area contributed by atoms with Crippen LogP contribution < -0.4 is 0 Å². The van der Waals surface area contributed by atoms with Gasteiger partial charge in [-0.3, -0.25) is 15.0 Å². The molecule has 0 atom stereocenters. The molecular weight excluding hydrogens is 320 g/mol. The van der Waals surface area contributed by atoms with E-state index in [9.17, 15) is 0 Å². The van der Waals surface area contributed by atoms with E-state index < -0.39 is 0 Å². The van der Waals surface area contributed by atoms with E-state index in [4.69, 9.17) is 15.0 Å². The maximum absolute atomic E-state index is 4.70. The standard InChI is InChI=1S/C22H22N4/c1-15-9-5-7-11-19(15)24-17(3)21-13-23-14-22(26-21)18(4)25-20-12-8-6-10-16(20)2/h5-14H,1-4H3/b24-17+,25-18+. The zero-order valence-corrected chi connectivity index (χ0v) is 15.6. The number of aryl methyl sites for hydroxylation is 2. The quantitative estimate of drug-likeness (QED) is 0.598. The van der Waals surface area contributed by atoms with Crippen LogP contribution in [-0.4, -0.2) is 21.4 Å². The Balaban J connectivity index is 1.93. The van der Waals surface area contributed by atoms with Crippen LogP contribution in [0, 0.1) is 13.8 Å². The Morgan fingerprint density at radius 2 is 1.12 bits per heavy atom. The van der Waals surface area contributed by atoms with E-state index in [1.54, 1.807) is 12.4 Å². The molecule has 0 aliphatic carbocycles. The second kappa shape index (κ2) is 7.83. The van der Waals surface area contributed by atoms with Crippen LogP contribution in [0.25, 0.3) is 0 Å². The molecule has 0 fully saturated rings. The minimum absolute atomic E-state index is 0.755. The van der Waals surface area contributed by atoms with Gasteiger partial charge >= 0.3 is 0 Å². The lowest BCUT2D eigenvalue weighted by Gasteiger charge is -2.06. The maximum atomic E-state index is 4.70. The Hall–Kier alpha value is -3.14. The van der Waals surface area contributed by atoms with Crippen molar-refractivity contribution in [3.05, 3.63) is 83.4 Å². The van der Waals surface area contributed by atoms with Gasteiger partial charge in [0.2, 0.25) is 0 Å². The Labute approximate surface area is 154 Å². The summed E-state index contributed by atoms with van der Waals surface area (Å²) in [5.74, 6) is 0. The third-order valence-corrected chi connectivity index (χ3v) is 4.18. The molecule has 2 aromatic carbocycles. The van der Waals surface area contributed by atoms with E-state index in [1.165, 1.54) is 0 Å². The van der Waals surface area contributed by atoms with Crippen LogP contribution in [0.3, 0.4) is 0 Å². The van der Waals surface area contributed by atoms with Crippen LogP contribution in [0.1, 0.15) is 36.4 Å². The largest absolute Gasteiger partial charge is 0.260 e. The highest BCUT2D eigenvalue weighted by Gasteiger charge is 2.07. The first-order valence-corrected chi connectivity index (χ1v) is 8.59. The third-order valence-electron chi connectivity index (χ3n) is 4.18. The van der Waals surface area contributed by atoms with Crippen molar-refractivity contribution in [2.45, 2.75) is 27.7 Å². The van der Waals surface area contributed by atoms with Gasteiger partial charge < -0.3 is 0 Å². The maximum Gasteiger partial charge on any atom is 0.103 e. The fraction of sp³-hybridized carbons (Fsp3) is 0.182. The first kappa shape index (κ1) is 17.7. The predicted molar refractivity (Wildman–Crippen MR) is 108 cm³/mol. The van der Waals surface area contributed by atoms with E-state index in [1.807, 2.05) is 76.2 Å². The normalized spacial score (nSPS) is 12.3. The number of rotatable bonds is 4. The highest BCUT2D eigenvalue weighted by molar-refractivity contribution is 6.02. The number of hydrogen-bond acceptors (Lipinski definition) is 4. The molecule has 0 radical (unpaired) electrons. The van der Waals surface area contributed by atoms with Crippen LogP contribution in [0.15, 0.2) is 70.9 Å². The molecule has 0 spiro atoms. The van der Waals surface area contributed by atoms with Gasteiger partial charge in [0.15, 0.2) is 0 Å². The van der Waals surface area contributed by atoms with Crippen LogP contribution in [0.5, 0.6) is 0 Å². The topological polar surface area (TPSA) is 50.5 Å².